The van der Waals surface area contributed by atoms with Crippen molar-refractivity contribution < 1.29 is 13.5 Å². The molecule has 0 aliphatic carbocycles. The molecule has 1 fully saturated rings. The minimum atomic E-state index is -2.83. The molecule has 1 aromatic carbocycles. The van der Waals surface area contributed by atoms with E-state index in [9.17, 15) is 8.78 Å². The summed E-state index contributed by atoms with van der Waals surface area (Å²) in [4.78, 5) is 6.68. The molecule has 0 spiro atoms. The molecule has 0 saturated carbocycles. The number of likely N-dealkylation sites (tertiary alicyclic amines) is 1. The van der Waals surface area contributed by atoms with Crippen LogP contribution in [-0.2, 0) is 6.54 Å². The number of alkyl halides is 2. The van der Waals surface area contributed by atoms with E-state index in [-0.39, 0.29) is 5.75 Å². The number of aliphatic imine (C=N–C) groups is 1. The van der Waals surface area contributed by atoms with E-state index in [1.165, 1.54) is 0 Å². The Balaban J connectivity index is 1.93. The lowest BCUT2D eigenvalue weighted by atomic mass is 10.1. The number of guanidine groups is 1. The van der Waals surface area contributed by atoms with Crippen LogP contribution in [0.2, 0.25) is 0 Å². The second kappa shape index (κ2) is 8.99. The zero-order chi connectivity index (χ0) is 18.4. The third-order valence-corrected chi connectivity index (χ3v) is 4.55. The van der Waals surface area contributed by atoms with Gasteiger partial charge in [0.25, 0.3) is 0 Å². The summed E-state index contributed by atoms with van der Waals surface area (Å²) in [5, 5.41) is 6.63. The Bertz CT molecular complexity index is 580. The highest BCUT2D eigenvalue weighted by Crippen LogP contribution is 2.20. The van der Waals surface area contributed by atoms with E-state index >= 15 is 0 Å². The van der Waals surface area contributed by atoms with Crippen LogP contribution in [0, 0.1) is 5.92 Å². The summed E-state index contributed by atoms with van der Waals surface area (Å²) in [6.07, 6.45) is 0. The zero-order valence-corrected chi connectivity index (χ0v) is 15.3. The lowest BCUT2D eigenvalue weighted by molar-refractivity contribution is -0.0504. The molecule has 1 aliphatic rings. The fourth-order valence-electron chi connectivity index (χ4n) is 3.02. The van der Waals surface area contributed by atoms with Gasteiger partial charge in [0.05, 0.1) is 0 Å². The fourth-order valence-corrected chi connectivity index (χ4v) is 3.02. The molecule has 1 aromatic rings. The predicted octanol–water partition coefficient (Wildman–Crippen LogP) is 2.68. The zero-order valence-electron chi connectivity index (χ0n) is 15.3. The molecule has 5 nitrogen and oxygen atoms in total. The van der Waals surface area contributed by atoms with Gasteiger partial charge >= 0.3 is 6.61 Å². The molecular weight excluding hydrogens is 326 g/mol. The van der Waals surface area contributed by atoms with Crippen LogP contribution in [0.15, 0.2) is 29.3 Å². The number of halogens is 2. The number of ether oxygens (including phenoxy) is 1. The summed E-state index contributed by atoms with van der Waals surface area (Å²) in [5.41, 5.74) is 0.661. The van der Waals surface area contributed by atoms with E-state index in [4.69, 9.17) is 0 Å². The number of hydrogen-bond donors (Lipinski definition) is 2. The average molecular weight is 354 g/mol. The SMILES string of the molecule is CN=C(NCc1ccccc1OC(F)F)NC1CN(C(C)C)CC1C. The van der Waals surface area contributed by atoms with Gasteiger partial charge in [-0.15, -0.1) is 0 Å². The monoisotopic (exact) mass is 354 g/mol. The number of rotatable bonds is 6. The van der Waals surface area contributed by atoms with E-state index in [1.54, 1.807) is 31.3 Å². The molecule has 2 N–H and O–H groups in total. The minimum absolute atomic E-state index is 0.181. The van der Waals surface area contributed by atoms with Crippen molar-refractivity contribution in [1.82, 2.24) is 15.5 Å². The van der Waals surface area contributed by atoms with E-state index in [2.05, 4.69) is 46.0 Å². The Morgan fingerprint density at radius 2 is 2.04 bits per heavy atom. The molecule has 0 aromatic heterocycles. The largest absolute Gasteiger partial charge is 0.434 e. The van der Waals surface area contributed by atoms with Crippen LogP contribution in [0.3, 0.4) is 0 Å². The van der Waals surface area contributed by atoms with Gasteiger partial charge in [-0.25, -0.2) is 0 Å². The summed E-state index contributed by atoms with van der Waals surface area (Å²) in [6.45, 7) is 6.16. The fraction of sp³-hybridized carbons (Fsp3) is 0.611. The molecule has 2 unspecified atom stereocenters. The van der Waals surface area contributed by atoms with Gasteiger partial charge in [-0.3, -0.25) is 9.89 Å². The smallest absolute Gasteiger partial charge is 0.387 e. The van der Waals surface area contributed by atoms with E-state index in [0.29, 0.717) is 36.1 Å². The molecule has 7 heteroatoms. The Kier molecular flexibility index (Phi) is 6.99. The number of nitrogens with zero attached hydrogens (tertiary/aromatic N) is 2. The maximum absolute atomic E-state index is 12.5. The van der Waals surface area contributed by atoms with Crippen LogP contribution in [0.1, 0.15) is 26.3 Å². The van der Waals surface area contributed by atoms with Crippen molar-refractivity contribution in [2.75, 3.05) is 20.1 Å². The first-order valence-electron chi connectivity index (χ1n) is 8.64. The highest BCUT2D eigenvalue weighted by Gasteiger charge is 2.31. The quantitative estimate of drug-likeness (QED) is 0.609. The van der Waals surface area contributed by atoms with Crippen LogP contribution in [-0.4, -0.2) is 49.7 Å². The molecule has 1 heterocycles. The molecule has 2 rings (SSSR count). The summed E-state index contributed by atoms with van der Waals surface area (Å²) >= 11 is 0. The van der Waals surface area contributed by atoms with Crippen molar-refractivity contribution in [1.29, 1.82) is 0 Å². The average Bonchev–Trinajstić information content (AvgIpc) is 2.93. The first kappa shape index (κ1) is 19.4. The molecule has 1 saturated heterocycles. The van der Waals surface area contributed by atoms with Crippen LogP contribution in [0.5, 0.6) is 5.75 Å². The van der Waals surface area contributed by atoms with Crippen LogP contribution >= 0.6 is 0 Å². The third kappa shape index (κ3) is 5.56. The van der Waals surface area contributed by atoms with Gasteiger partial charge in [0.1, 0.15) is 5.75 Å². The molecule has 140 valence electrons. The molecular formula is C18H28F2N4O. The summed E-state index contributed by atoms with van der Waals surface area (Å²) in [5.74, 6) is 1.35. The summed E-state index contributed by atoms with van der Waals surface area (Å²) in [6, 6.07) is 7.60. The number of nitrogens with one attached hydrogen (secondary N) is 2. The Morgan fingerprint density at radius 1 is 1.32 bits per heavy atom. The molecule has 25 heavy (non-hydrogen) atoms. The van der Waals surface area contributed by atoms with Crippen molar-refractivity contribution in [2.45, 2.75) is 46.0 Å². The predicted molar refractivity (Wildman–Crippen MR) is 96.1 cm³/mol. The molecule has 1 aliphatic heterocycles. The Hall–Kier alpha value is -1.89. The Morgan fingerprint density at radius 3 is 2.64 bits per heavy atom. The highest BCUT2D eigenvalue weighted by molar-refractivity contribution is 5.80. The van der Waals surface area contributed by atoms with Crippen molar-refractivity contribution >= 4 is 5.96 Å². The number of benzene rings is 1. The van der Waals surface area contributed by atoms with E-state index < -0.39 is 6.61 Å². The molecule has 2 atom stereocenters. The van der Waals surface area contributed by atoms with Gasteiger partial charge in [0, 0.05) is 44.3 Å². The van der Waals surface area contributed by atoms with Crippen molar-refractivity contribution in [3.63, 3.8) is 0 Å². The van der Waals surface area contributed by atoms with Crippen molar-refractivity contribution in [3.05, 3.63) is 29.8 Å². The molecule has 0 amide bonds. The molecule has 0 radical (unpaired) electrons. The van der Waals surface area contributed by atoms with E-state index in [1.807, 2.05) is 0 Å². The third-order valence-electron chi connectivity index (χ3n) is 4.55. The standard InChI is InChI=1S/C18H28F2N4O/c1-12(2)24-10-13(3)15(11-24)23-18(21-4)22-9-14-7-5-6-8-16(14)25-17(19)20/h5-8,12-13,15,17H,9-11H2,1-4H3,(H2,21,22,23). The number of hydrogen-bond acceptors (Lipinski definition) is 3. The van der Waals surface area contributed by atoms with Crippen LogP contribution in [0.25, 0.3) is 0 Å². The first-order chi connectivity index (χ1) is 11.9. The van der Waals surface area contributed by atoms with Crippen molar-refractivity contribution in [3.8, 4) is 5.75 Å². The van der Waals surface area contributed by atoms with Gasteiger partial charge in [-0.1, -0.05) is 25.1 Å². The van der Waals surface area contributed by atoms with Gasteiger partial charge in [-0.2, -0.15) is 8.78 Å². The van der Waals surface area contributed by atoms with E-state index in [0.717, 1.165) is 13.1 Å². The lowest BCUT2D eigenvalue weighted by Crippen LogP contribution is -2.46. The summed E-state index contributed by atoms with van der Waals surface area (Å²) < 4.78 is 29.6. The normalized spacial score (nSPS) is 21.8. The second-order valence-corrected chi connectivity index (χ2v) is 6.69. The van der Waals surface area contributed by atoms with Crippen LogP contribution in [0.4, 0.5) is 8.78 Å². The van der Waals surface area contributed by atoms with Gasteiger partial charge < -0.3 is 15.4 Å². The second-order valence-electron chi connectivity index (χ2n) is 6.69. The highest BCUT2D eigenvalue weighted by atomic mass is 19.3. The first-order valence-corrected chi connectivity index (χ1v) is 8.64. The maximum Gasteiger partial charge on any atom is 0.387 e. The lowest BCUT2D eigenvalue weighted by Gasteiger charge is -2.22. The minimum Gasteiger partial charge on any atom is -0.434 e. The van der Waals surface area contributed by atoms with Crippen LogP contribution < -0.4 is 15.4 Å². The van der Waals surface area contributed by atoms with Gasteiger partial charge in [0.15, 0.2) is 5.96 Å². The topological polar surface area (TPSA) is 48.9 Å². The van der Waals surface area contributed by atoms with Gasteiger partial charge in [0.2, 0.25) is 0 Å². The summed E-state index contributed by atoms with van der Waals surface area (Å²) in [7, 11) is 1.71. The van der Waals surface area contributed by atoms with Crippen molar-refractivity contribution in [2.24, 2.45) is 10.9 Å². The Labute approximate surface area is 148 Å². The number of para-hydroxylation sites is 1. The van der Waals surface area contributed by atoms with Gasteiger partial charge in [-0.05, 0) is 25.8 Å². The molecule has 0 bridgehead atoms. The maximum atomic E-state index is 12.5.